The summed E-state index contributed by atoms with van der Waals surface area (Å²) < 4.78 is 16.4. The van der Waals surface area contributed by atoms with Crippen molar-refractivity contribution in [2.45, 2.75) is 13.0 Å². The van der Waals surface area contributed by atoms with Crippen LogP contribution in [0.4, 0.5) is 17.1 Å². The molecule has 0 radical (unpaired) electrons. The number of benzene rings is 4. The molecule has 1 atom stereocenters. The van der Waals surface area contributed by atoms with Gasteiger partial charge in [-0.15, -0.1) is 0 Å². The van der Waals surface area contributed by atoms with Gasteiger partial charge in [0.25, 0.3) is 11.8 Å². The minimum absolute atomic E-state index is 0.134. The van der Waals surface area contributed by atoms with Gasteiger partial charge in [0, 0.05) is 43.1 Å². The first-order valence-corrected chi connectivity index (χ1v) is 14.3. The van der Waals surface area contributed by atoms with Gasteiger partial charge in [-0.3, -0.25) is 9.59 Å². The van der Waals surface area contributed by atoms with Crippen molar-refractivity contribution >= 4 is 28.9 Å². The molecule has 0 saturated carbocycles. The lowest BCUT2D eigenvalue weighted by molar-refractivity contribution is 0.0939. The second kappa shape index (κ2) is 12.4. The van der Waals surface area contributed by atoms with E-state index in [-0.39, 0.29) is 24.6 Å². The standard InChI is InChI=1S/C34H34N4O5/c1-23(24-8-4-3-5-9-24)35-34(40)27-21-26(36-33(39)25-12-15-31-32(20-25)43-22-42-31)13-14-28(27)37-16-18-38(19-17-37)29-10-6-7-11-30(29)41-2/h3-15,20-21,23H,16-19,22H2,1-2H3,(H,35,40)(H,36,39). The first-order valence-electron chi connectivity index (χ1n) is 14.3. The summed E-state index contributed by atoms with van der Waals surface area (Å²) in [5.41, 5.74) is 4.34. The molecule has 6 rings (SSSR count). The molecule has 2 N–H and O–H groups in total. The number of nitrogens with zero attached hydrogens (tertiary/aromatic N) is 2. The van der Waals surface area contributed by atoms with Gasteiger partial charge in [-0.25, -0.2) is 0 Å². The Labute approximate surface area is 251 Å². The molecule has 2 amide bonds. The molecule has 1 unspecified atom stereocenters. The Bertz CT molecular complexity index is 1620. The van der Waals surface area contributed by atoms with Gasteiger partial charge in [0.2, 0.25) is 6.79 Å². The van der Waals surface area contributed by atoms with Crippen molar-refractivity contribution in [3.8, 4) is 17.2 Å². The molecule has 9 nitrogen and oxygen atoms in total. The Morgan fingerprint density at radius 1 is 0.767 bits per heavy atom. The number of piperazine rings is 1. The van der Waals surface area contributed by atoms with Crippen LogP contribution in [-0.4, -0.2) is 51.9 Å². The Balaban J connectivity index is 1.24. The highest BCUT2D eigenvalue weighted by atomic mass is 16.7. The number of hydrogen-bond donors (Lipinski definition) is 2. The second-order valence-electron chi connectivity index (χ2n) is 10.5. The van der Waals surface area contributed by atoms with E-state index in [0.29, 0.717) is 28.3 Å². The Morgan fingerprint density at radius 2 is 1.47 bits per heavy atom. The van der Waals surface area contributed by atoms with Crippen LogP contribution in [0.2, 0.25) is 0 Å². The van der Waals surface area contributed by atoms with Crippen LogP contribution in [0.1, 0.15) is 39.2 Å². The van der Waals surface area contributed by atoms with Gasteiger partial charge in [0.05, 0.1) is 24.4 Å². The highest BCUT2D eigenvalue weighted by molar-refractivity contribution is 6.06. The minimum atomic E-state index is -0.305. The van der Waals surface area contributed by atoms with E-state index in [1.165, 1.54) is 0 Å². The maximum atomic E-state index is 13.8. The van der Waals surface area contributed by atoms with Gasteiger partial charge < -0.3 is 34.6 Å². The van der Waals surface area contributed by atoms with Crippen molar-refractivity contribution in [1.82, 2.24) is 5.32 Å². The number of nitrogens with one attached hydrogen (secondary N) is 2. The largest absolute Gasteiger partial charge is 0.495 e. The van der Waals surface area contributed by atoms with Crippen molar-refractivity contribution in [1.29, 1.82) is 0 Å². The summed E-state index contributed by atoms with van der Waals surface area (Å²) in [4.78, 5) is 31.4. The normalized spacial score (nSPS) is 14.7. The molecule has 4 aromatic rings. The van der Waals surface area contributed by atoms with Crippen molar-refractivity contribution < 1.29 is 23.8 Å². The van der Waals surface area contributed by atoms with Crippen molar-refractivity contribution in [2.24, 2.45) is 0 Å². The van der Waals surface area contributed by atoms with Crippen LogP contribution in [0.25, 0.3) is 0 Å². The molecule has 220 valence electrons. The molecule has 4 aromatic carbocycles. The van der Waals surface area contributed by atoms with Gasteiger partial charge in [0.1, 0.15) is 5.75 Å². The van der Waals surface area contributed by atoms with E-state index in [1.54, 1.807) is 31.4 Å². The van der Waals surface area contributed by atoms with Gasteiger partial charge >= 0.3 is 0 Å². The average molecular weight is 579 g/mol. The fourth-order valence-corrected chi connectivity index (χ4v) is 5.49. The molecule has 0 spiro atoms. The summed E-state index contributed by atoms with van der Waals surface area (Å²) in [6.45, 7) is 5.07. The second-order valence-corrected chi connectivity index (χ2v) is 10.5. The topological polar surface area (TPSA) is 92.4 Å². The molecule has 1 saturated heterocycles. The molecule has 1 fully saturated rings. The zero-order valence-corrected chi connectivity index (χ0v) is 24.2. The fourth-order valence-electron chi connectivity index (χ4n) is 5.49. The molecule has 0 aliphatic carbocycles. The zero-order chi connectivity index (χ0) is 29.8. The van der Waals surface area contributed by atoms with E-state index >= 15 is 0 Å². The number of methoxy groups -OCH3 is 1. The number of para-hydroxylation sites is 2. The molecule has 0 aromatic heterocycles. The first-order chi connectivity index (χ1) is 21.0. The van der Waals surface area contributed by atoms with Gasteiger partial charge in [0.15, 0.2) is 11.5 Å². The predicted molar refractivity (Wildman–Crippen MR) is 167 cm³/mol. The molecule has 0 bridgehead atoms. The third-order valence-electron chi connectivity index (χ3n) is 7.83. The molecule has 9 heteroatoms. The number of ether oxygens (including phenoxy) is 3. The summed E-state index contributed by atoms with van der Waals surface area (Å²) in [5, 5.41) is 6.09. The van der Waals surface area contributed by atoms with E-state index in [9.17, 15) is 9.59 Å². The Morgan fingerprint density at radius 3 is 2.23 bits per heavy atom. The van der Waals surface area contributed by atoms with E-state index in [4.69, 9.17) is 14.2 Å². The lowest BCUT2D eigenvalue weighted by Crippen LogP contribution is -2.47. The highest BCUT2D eigenvalue weighted by Gasteiger charge is 2.25. The molecule has 2 aliphatic rings. The number of fused-ring (bicyclic) bond motifs is 1. The first kappa shape index (κ1) is 28.0. The van der Waals surface area contributed by atoms with E-state index < -0.39 is 0 Å². The van der Waals surface area contributed by atoms with E-state index in [0.717, 1.165) is 48.9 Å². The summed E-state index contributed by atoms with van der Waals surface area (Å²) in [6, 6.07) is 28.2. The lowest BCUT2D eigenvalue weighted by Gasteiger charge is -2.38. The minimum Gasteiger partial charge on any atom is -0.495 e. The van der Waals surface area contributed by atoms with Crippen LogP contribution in [0.3, 0.4) is 0 Å². The molecule has 2 aliphatic heterocycles. The van der Waals surface area contributed by atoms with E-state index in [1.807, 2.05) is 67.6 Å². The Hall–Kier alpha value is -5.18. The molecular formula is C34H34N4O5. The lowest BCUT2D eigenvalue weighted by atomic mass is 10.1. The smallest absolute Gasteiger partial charge is 0.255 e. The summed E-state index contributed by atoms with van der Waals surface area (Å²) in [6.07, 6.45) is 0. The number of amides is 2. The molecular weight excluding hydrogens is 544 g/mol. The van der Waals surface area contributed by atoms with Crippen LogP contribution in [0.15, 0.2) is 91.0 Å². The van der Waals surface area contributed by atoms with Crippen LogP contribution >= 0.6 is 0 Å². The predicted octanol–water partition coefficient (Wildman–Crippen LogP) is 5.49. The summed E-state index contributed by atoms with van der Waals surface area (Å²) >= 11 is 0. The summed E-state index contributed by atoms with van der Waals surface area (Å²) in [5.74, 6) is 1.47. The van der Waals surface area contributed by atoms with Crippen LogP contribution in [0.5, 0.6) is 17.2 Å². The van der Waals surface area contributed by atoms with Crippen LogP contribution < -0.4 is 34.6 Å². The molecule has 43 heavy (non-hydrogen) atoms. The Kier molecular flexibility index (Phi) is 8.04. The maximum absolute atomic E-state index is 13.8. The van der Waals surface area contributed by atoms with E-state index in [2.05, 4.69) is 26.5 Å². The zero-order valence-electron chi connectivity index (χ0n) is 24.2. The number of rotatable bonds is 8. The summed E-state index contributed by atoms with van der Waals surface area (Å²) in [7, 11) is 1.68. The maximum Gasteiger partial charge on any atom is 0.255 e. The number of hydrogen-bond acceptors (Lipinski definition) is 7. The monoisotopic (exact) mass is 578 g/mol. The quantitative estimate of drug-likeness (QED) is 0.286. The van der Waals surface area contributed by atoms with Gasteiger partial charge in [-0.2, -0.15) is 0 Å². The fraction of sp³-hybridized carbons (Fsp3) is 0.235. The third-order valence-corrected chi connectivity index (χ3v) is 7.83. The van der Waals surface area contributed by atoms with Gasteiger partial charge in [-0.1, -0.05) is 42.5 Å². The van der Waals surface area contributed by atoms with Gasteiger partial charge in [-0.05, 0) is 61.0 Å². The number of carbonyl (C=O) groups excluding carboxylic acids is 2. The molecule has 2 heterocycles. The number of anilines is 3. The average Bonchev–Trinajstić information content (AvgIpc) is 3.53. The van der Waals surface area contributed by atoms with Crippen molar-refractivity contribution in [3.63, 3.8) is 0 Å². The number of carbonyl (C=O) groups is 2. The third kappa shape index (κ3) is 6.06. The van der Waals surface area contributed by atoms with Crippen LogP contribution in [0, 0.1) is 0 Å². The van der Waals surface area contributed by atoms with Crippen molar-refractivity contribution in [3.05, 3.63) is 108 Å². The van der Waals surface area contributed by atoms with Crippen LogP contribution in [-0.2, 0) is 0 Å². The van der Waals surface area contributed by atoms with Crippen molar-refractivity contribution in [2.75, 3.05) is 55.2 Å². The SMILES string of the molecule is COc1ccccc1N1CCN(c2ccc(NC(=O)c3ccc4c(c3)OCO4)cc2C(=O)NC(C)c2ccccc2)CC1. The highest BCUT2D eigenvalue weighted by Crippen LogP contribution is 2.34.